The van der Waals surface area contributed by atoms with Gasteiger partial charge >= 0.3 is 0 Å². The van der Waals surface area contributed by atoms with Gasteiger partial charge in [0.25, 0.3) is 0 Å². The second-order valence-corrected chi connectivity index (χ2v) is 3.84. The molecule has 0 spiro atoms. The lowest BCUT2D eigenvalue weighted by Crippen LogP contribution is -1.91. The van der Waals surface area contributed by atoms with Crippen molar-refractivity contribution >= 4 is 0 Å². The van der Waals surface area contributed by atoms with E-state index in [-0.39, 0.29) is 5.56 Å². The average molecular weight is 234 g/mol. The molecular weight excluding hydrogens is 222 g/mol. The molecule has 1 nitrogen and oxygen atoms in total. The predicted molar refractivity (Wildman–Crippen MR) is 63.1 cm³/mol. The van der Waals surface area contributed by atoms with Gasteiger partial charge in [-0.2, -0.15) is 0 Å². The third-order valence-corrected chi connectivity index (χ3v) is 2.55. The van der Waals surface area contributed by atoms with Crippen molar-refractivity contribution in [1.82, 2.24) is 0 Å². The van der Waals surface area contributed by atoms with Gasteiger partial charge in [0.2, 0.25) is 0 Å². The highest BCUT2D eigenvalue weighted by molar-refractivity contribution is 5.66. The summed E-state index contributed by atoms with van der Waals surface area (Å²) in [4.78, 5) is 0. The van der Waals surface area contributed by atoms with E-state index in [1.54, 1.807) is 25.3 Å². The number of hydrogen-bond donors (Lipinski definition) is 0. The van der Waals surface area contributed by atoms with Crippen molar-refractivity contribution in [2.24, 2.45) is 0 Å². The molecule has 0 amide bonds. The minimum Gasteiger partial charge on any atom is -0.497 e. The van der Waals surface area contributed by atoms with Crippen molar-refractivity contribution in [3.05, 3.63) is 53.6 Å². The second kappa shape index (κ2) is 4.53. The molecule has 0 radical (unpaired) electrons. The molecule has 0 saturated carbocycles. The van der Waals surface area contributed by atoms with Gasteiger partial charge in [-0.3, -0.25) is 0 Å². The monoisotopic (exact) mass is 234 g/mol. The van der Waals surface area contributed by atoms with Gasteiger partial charge in [0.1, 0.15) is 5.75 Å². The molecular formula is C14H12F2O. The van der Waals surface area contributed by atoms with Crippen LogP contribution in [0.2, 0.25) is 0 Å². The van der Waals surface area contributed by atoms with E-state index in [4.69, 9.17) is 4.74 Å². The van der Waals surface area contributed by atoms with Gasteiger partial charge in [-0.25, -0.2) is 8.78 Å². The Bertz CT molecular complexity index is 550. The summed E-state index contributed by atoms with van der Waals surface area (Å²) in [5.74, 6) is -1.05. The van der Waals surface area contributed by atoms with Crippen LogP contribution in [0.3, 0.4) is 0 Å². The van der Waals surface area contributed by atoms with Gasteiger partial charge in [-0.15, -0.1) is 0 Å². The molecule has 0 aliphatic carbocycles. The van der Waals surface area contributed by atoms with E-state index in [2.05, 4.69) is 0 Å². The number of benzene rings is 2. The zero-order valence-electron chi connectivity index (χ0n) is 9.63. The zero-order valence-corrected chi connectivity index (χ0v) is 9.63. The number of ether oxygens (including phenoxy) is 1. The molecule has 2 rings (SSSR count). The molecule has 0 unspecified atom stereocenters. The summed E-state index contributed by atoms with van der Waals surface area (Å²) in [6, 6.07) is 9.45. The molecule has 88 valence electrons. The topological polar surface area (TPSA) is 9.23 Å². The van der Waals surface area contributed by atoms with Crippen molar-refractivity contribution in [2.45, 2.75) is 6.92 Å². The molecule has 17 heavy (non-hydrogen) atoms. The maximum atomic E-state index is 13.6. The quantitative estimate of drug-likeness (QED) is 0.764. The van der Waals surface area contributed by atoms with E-state index < -0.39 is 11.6 Å². The summed E-state index contributed by atoms with van der Waals surface area (Å²) in [5.41, 5.74) is 1.79. The average Bonchev–Trinajstić information content (AvgIpc) is 2.31. The van der Waals surface area contributed by atoms with Gasteiger partial charge in [-0.05, 0) is 36.2 Å². The Kier molecular flexibility index (Phi) is 3.09. The lowest BCUT2D eigenvalue weighted by molar-refractivity contribution is 0.414. The Morgan fingerprint density at radius 2 is 1.82 bits per heavy atom. The minimum absolute atomic E-state index is 0.243. The molecule has 3 heteroatoms. The molecule has 0 aromatic heterocycles. The summed E-state index contributed by atoms with van der Waals surface area (Å²) in [6.45, 7) is 1.88. The first-order valence-electron chi connectivity index (χ1n) is 5.22. The van der Waals surface area contributed by atoms with E-state index >= 15 is 0 Å². The van der Waals surface area contributed by atoms with Crippen LogP contribution < -0.4 is 4.74 Å². The van der Waals surface area contributed by atoms with Crippen molar-refractivity contribution in [3.63, 3.8) is 0 Å². The van der Waals surface area contributed by atoms with Crippen LogP contribution in [-0.4, -0.2) is 7.11 Å². The molecule has 0 bridgehead atoms. The van der Waals surface area contributed by atoms with Crippen LogP contribution in [-0.2, 0) is 0 Å². The fourth-order valence-electron chi connectivity index (χ4n) is 1.75. The molecule has 0 heterocycles. The van der Waals surface area contributed by atoms with Crippen LogP contribution >= 0.6 is 0 Å². The van der Waals surface area contributed by atoms with Crippen molar-refractivity contribution in [2.75, 3.05) is 7.11 Å². The lowest BCUT2D eigenvalue weighted by Gasteiger charge is -2.08. The van der Waals surface area contributed by atoms with Crippen LogP contribution in [0.25, 0.3) is 11.1 Å². The number of halogens is 2. The SMILES string of the molecule is COc1cc(C)cc(-c2cccc(F)c2F)c1. The fourth-order valence-corrected chi connectivity index (χ4v) is 1.75. The molecule has 2 aromatic rings. The number of methoxy groups -OCH3 is 1. The molecule has 0 fully saturated rings. The molecule has 0 aliphatic heterocycles. The van der Waals surface area contributed by atoms with Crippen molar-refractivity contribution in [3.8, 4) is 16.9 Å². The standard InChI is InChI=1S/C14H12F2O/c1-9-6-10(8-11(7-9)17-2)12-4-3-5-13(15)14(12)16/h3-8H,1-2H3. The van der Waals surface area contributed by atoms with Gasteiger partial charge in [0, 0.05) is 5.56 Å². The third kappa shape index (κ3) is 2.28. The van der Waals surface area contributed by atoms with Crippen LogP contribution in [0.1, 0.15) is 5.56 Å². The van der Waals surface area contributed by atoms with E-state index in [9.17, 15) is 8.78 Å². The predicted octanol–water partition coefficient (Wildman–Crippen LogP) is 3.95. The normalized spacial score (nSPS) is 10.4. The fraction of sp³-hybridized carbons (Fsp3) is 0.143. The van der Waals surface area contributed by atoms with Crippen LogP contribution in [0.5, 0.6) is 5.75 Å². The summed E-state index contributed by atoms with van der Waals surface area (Å²) in [5, 5.41) is 0. The van der Waals surface area contributed by atoms with E-state index in [0.717, 1.165) is 11.6 Å². The van der Waals surface area contributed by atoms with Crippen LogP contribution in [0.4, 0.5) is 8.78 Å². The Labute approximate surface area is 98.7 Å². The largest absolute Gasteiger partial charge is 0.497 e. The van der Waals surface area contributed by atoms with E-state index in [0.29, 0.717) is 11.3 Å². The van der Waals surface area contributed by atoms with E-state index in [1.807, 2.05) is 13.0 Å². The van der Waals surface area contributed by atoms with Crippen LogP contribution in [0.15, 0.2) is 36.4 Å². The number of rotatable bonds is 2. The van der Waals surface area contributed by atoms with Gasteiger partial charge < -0.3 is 4.74 Å². The maximum absolute atomic E-state index is 13.6. The molecule has 0 N–H and O–H groups in total. The van der Waals surface area contributed by atoms with Gasteiger partial charge in [0.15, 0.2) is 11.6 Å². The number of hydrogen-bond acceptors (Lipinski definition) is 1. The minimum atomic E-state index is -0.844. The van der Waals surface area contributed by atoms with Crippen LogP contribution in [0, 0.1) is 18.6 Å². The van der Waals surface area contributed by atoms with E-state index in [1.165, 1.54) is 6.07 Å². The molecule has 0 saturated heterocycles. The highest BCUT2D eigenvalue weighted by Gasteiger charge is 2.10. The Morgan fingerprint density at radius 3 is 2.53 bits per heavy atom. The highest BCUT2D eigenvalue weighted by atomic mass is 19.2. The summed E-state index contributed by atoms with van der Waals surface area (Å²) >= 11 is 0. The Hall–Kier alpha value is -1.90. The Morgan fingerprint density at radius 1 is 1.06 bits per heavy atom. The van der Waals surface area contributed by atoms with Crippen molar-refractivity contribution in [1.29, 1.82) is 0 Å². The summed E-state index contributed by atoms with van der Waals surface area (Å²) in [7, 11) is 1.54. The first kappa shape index (κ1) is 11.6. The van der Waals surface area contributed by atoms with Gasteiger partial charge in [-0.1, -0.05) is 18.2 Å². The summed E-state index contributed by atoms with van der Waals surface area (Å²) in [6.07, 6.45) is 0. The third-order valence-electron chi connectivity index (χ3n) is 2.55. The van der Waals surface area contributed by atoms with Gasteiger partial charge in [0.05, 0.1) is 7.11 Å². The maximum Gasteiger partial charge on any atom is 0.166 e. The molecule has 2 aromatic carbocycles. The summed E-state index contributed by atoms with van der Waals surface area (Å²) < 4.78 is 31.9. The van der Waals surface area contributed by atoms with Crippen molar-refractivity contribution < 1.29 is 13.5 Å². The lowest BCUT2D eigenvalue weighted by atomic mass is 10.0. The molecule has 0 aliphatic rings. The molecule has 0 atom stereocenters. The number of aryl methyl sites for hydroxylation is 1. The second-order valence-electron chi connectivity index (χ2n) is 3.84. The first-order chi connectivity index (χ1) is 8.11. The Balaban J connectivity index is 2.60. The zero-order chi connectivity index (χ0) is 12.4. The first-order valence-corrected chi connectivity index (χ1v) is 5.22. The smallest absolute Gasteiger partial charge is 0.166 e. The highest BCUT2D eigenvalue weighted by Crippen LogP contribution is 2.28.